The molecule has 3 heteroatoms. The van der Waals surface area contributed by atoms with Gasteiger partial charge in [0.15, 0.2) is 0 Å². The summed E-state index contributed by atoms with van der Waals surface area (Å²) in [7, 11) is -0.962. The maximum absolute atomic E-state index is 12.2. The lowest BCUT2D eigenvalue weighted by atomic mass is 9.89. The summed E-state index contributed by atoms with van der Waals surface area (Å²) in [5.41, 5.74) is 3.02. The van der Waals surface area contributed by atoms with Gasteiger partial charge >= 0.3 is 0 Å². The Hall–Kier alpha value is -4.91. The van der Waals surface area contributed by atoms with E-state index in [1.54, 1.807) is 12.1 Å². The zero-order chi connectivity index (χ0) is 27.8. The molecule has 2 nitrogen and oxygen atoms in total. The highest BCUT2D eigenvalue weighted by atomic mass is 31.1. The molecule has 0 aliphatic rings. The molecule has 0 saturated heterocycles. The van der Waals surface area contributed by atoms with Crippen LogP contribution in [0.5, 0.6) is 11.5 Å². The molecule has 0 fully saturated rings. The molecule has 0 radical (unpaired) electrons. The number of para-hydroxylation sites is 1. The van der Waals surface area contributed by atoms with Gasteiger partial charge in [-0.2, -0.15) is 0 Å². The van der Waals surface area contributed by atoms with Gasteiger partial charge in [0, 0.05) is 22.3 Å². The van der Waals surface area contributed by atoms with Crippen LogP contribution in [-0.2, 0) is 0 Å². The van der Waals surface area contributed by atoms with Crippen LogP contribution in [0, 0.1) is 0 Å². The molecule has 2 N–H and O–H groups in total. The smallest absolute Gasteiger partial charge is 0.132 e. The molecule has 0 saturated carbocycles. The third-order valence-electron chi connectivity index (χ3n) is 7.64. The Bertz CT molecular complexity index is 1980. The summed E-state index contributed by atoms with van der Waals surface area (Å²) in [5, 5.41) is 30.9. The predicted octanol–water partition coefficient (Wildman–Crippen LogP) is 8.50. The lowest BCUT2D eigenvalue weighted by molar-refractivity contribution is 0.470. The molecular weight excluding hydrogens is 519 g/mol. The van der Waals surface area contributed by atoms with Gasteiger partial charge in [0.25, 0.3) is 0 Å². The topological polar surface area (TPSA) is 40.5 Å². The van der Waals surface area contributed by atoms with Crippen LogP contribution in [0.1, 0.15) is 0 Å². The number of rotatable bonds is 5. The Balaban J connectivity index is 1.64. The van der Waals surface area contributed by atoms with Crippen molar-refractivity contribution in [1.29, 1.82) is 0 Å². The second-order valence-corrected chi connectivity index (χ2v) is 12.3. The van der Waals surface area contributed by atoms with Gasteiger partial charge in [0.1, 0.15) is 11.5 Å². The molecule has 0 aliphatic heterocycles. The van der Waals surface area contributed by atoms with Crippen LogP contribution in [-0.4, -0.2) is 10.2 Å². The van der Waals surface area contributed by atoms with E-state index in [2.05, 4.69) is 109 Å². The van der Waals surface area contributed by atoms with Gasteiger partial charge in [-0.3, -0.25) is 0 Å². The van der Waals surface area contributed by atoms with Crippen LogP contribution < -0.4 is 15.9 Å². The van der Waals surface area contributed by atoms with Crippen molar-refractivity contribution < 1.29 is 10.2 Å². The zero-order valence-electron chi connectivity index (χ0n) is 22.3. The van der Waals surface area contributed by atoms with E-state index in [1.165, 1.54) is 15.9 Å². The van der Waals surface area contributed by atoms with Gasteiger partial charge in [0.05, 0.1) is 0 Å². The number of hydrogen-bond acceptors (Lipinski definition) is 2. The van der Waals surface area contributed by atoms with Crippen LogP contribution in [0.3, 0.4) is 0 Å². The molecule has 41 heavy (non-hydrogen) atoms. The van der Waals surface area contributed by atoms with Crippen LogP contribution >= 0.6 is 7.92 Å². The van der Waals surface area contributed by atoms with Crippen molar-refractivity contribution in [3.8, 4) is 33.8 Å². The molecule has 0 amide bonds. The summed E-state index contributed by atoms with van der Waals surface area (Å²) in [6.45, 7) is 0. The zero-order valence-corrected chi connectivity index (χ0v) is 23.2. The highest BCUT2D eigenvalue weighted by Gasteiger charge is 2.26. The molecule has 7 aromatic rings. The highest BCUT2D eigenvalue weighted by Crippen LogP contribution is 2.49. The van der Waals surface area contributed by atoms with Crippen molar-refractivity contribution in [2.24, 2.45) is 0 Å². The summed E-state index contributed by atoms with van der Waals surface area (Å²) in [6.07, 6.45) is 0. The standard InChI is InChI=1S/C38H27O2P/c39-34-22-12-11-21-32(34)33-25-27-14-8-10-20-31(27)37(38(33)40)36-30-19-9-7-13-26(30)23-24-35(36)41(28-15-3-1-4-16-28)29-17-5-2-6-18-29/h1-25,39-40H. The SMILES string of the molecule is Oc1ccccc1-c1cc2ccccc2c(-c2c(P(c3ccccc3)c3ccccc3)ccc3ccccc23)c1O. The minimum atomic E-state index is -0.962. The summed E-state index contributed by atoms with van der Waals surface area (Å²) in [6, 6.07) is 51.5. The molecule has 7 rings (SSSR count). The van der Waals surface area contributed by atoms with E-state index in [-0.39, 0.29) is 11.5 Å². The first-order chi connectivity index (χ1) is 20.2. The van der Waals surface area contributed by atoms with E-state index in [4.69, 9.17) is 0 Å². The molecule has 0 atom stereocenters. The predicted molar refractivity (Wildman–Crippen MR) is 174 cm³/mol. The van der Waals surface area contributed by atoms with Crippen molar-refractivity contribution in [3.05, 3.63) is 152 Å². The van der Waals surface area contributed by atoms with E-state index < -0.39 is 7.92 Å². The third kappa shape index (κ3) is 4.43. The lowest BCUT2D eigenvalue weighted by Gasteiger charge is -2.25. The molecule has 196 valence electrons. The van der Waals surface area contributed by atoms with E-state index in [0.29, 0.717) is 11.1 Å². The molecule has 0 unspecified atom stereocenters. The van der Waals surface area contributed by atoms with Gasteiger partial charge in [-0.15, -0.1) is 0 Å². The van der Waals surface area contributed by atoms with Crippen molar-refractivity contribution in [2.45, 2.75) is 0 Å². The molecule has 0 bridgehead atoms. The van der Waals surface area contributed by atoms with Gasteiger partial charge in [-0.05, 0) is 57.5 Å². The first-order valence-corrected chi connectivity index (χ1v) is 15.0. The summed E-state index contributed by atoms with van der Waals surface area (Å²) in [4.78, 5) is 0. The number of hydrogen-bond donors (Lipinski definition) is 2. The number of benzene rings is 7. The number of phenolic OH excluding ortho intramolecular Hbond substituents is 2. The maximum Gasteiger partial charge on any atom is 0.132 e. The van der Waals surface area contributed by atoms with Crippen molar-refractivity contribution >= 4 is 45.4 Å². The second kappa shape index (κ2) is 10.6. The Labute approximate surface area is 240 Å². The molecule has 0 aliphatic carbocycles. The first-order valence-electron chi connectivity index (χ1n) is 13.7. The molecule has 0 spiro atoms. The van der Waals surface area contributed by atoms with Crippen LogP contribution in [0.4, 0.5) is 0 Å². The third-order valence-corrected chi connectivity index (χ3v) is 10.1. The van der Waals surface area contributed by atoms with Gasteiger partial charge in [0.2, 0.25) is 0 Å². The fourth-order valence-electron chi connectivity index (χ4n) is 5.79. The Morgan fingerprint density at radius 2 is 0.951 bits per heavy atom. The first kappa shape index (κ1) is 25.1. The molecule has 0 heterocycles. The highest BCUT2D eigenvalue weighted by molar-refractivity contribution is 7.80. The van der Waals surface area contributed by atoms with E-state index in [1.807, 2.05) is 30.3 Å². The Kier molecular flexibility index (Phi) is 6.47. The Morgan fingerprint density at radius 1 is 0.415 bits per heavy atom. The monoisotopic (exact) mass is 546 g/mol. The Morgan fingerprint density at radius 3 is 1.61 bits per heavy atom. The molecular formula is C38H27O2P. The van der Waals surface area contributed by atoms with E-state index in [9.17, 15) is 10.2 Å². The normalized spacial score (nSPS) is 11.3. The van der Waals surface area contributed by atoms with Crippen molar-refractivity contribution in [2.75, 3.05) is 0 Å². The van der Waals surface area contributed by atoms with Gasteiger partial charge in [-0.1, -0.05) is 140 Å². The van der Waals surface area contributed by atoms with Crippen LogP contribution in [0.25, 0.3) is 43.8 Å². The number of phenols is 2. The lowest BCUT2D eigenvalue weighted by Crippen LogP contribution is -2.22. The molecule has 0 aromatic heterocycles. The fraction of sp³-hybridized carbons (Fsp3) is 0. The summed E-state index contributed by atoms with van der Waals surface area (Å²) < 4.78 is 0. The minimum absolute atomic E-state index is 0.137. The minimum Gasteiger partial charge on any atom is -0.507 e. The quantitative estimate of drug-likeness (QED) is 0.213. The van der Waals surface area contributed by atoms with Crippen LogP contribution in [0.2, 0.25) is 0 Å². The average molecular weight is 547 g/mol. The summed E-state index contributed by atoms with van der Waals surface area (Å²) in [5.74, 6) is 0.303. The maximum atomic E-state index is 12.2. The fourth-order valence-corrected chi connectivity index (χ4v) is 8.26. The summed E-state index contributed by atoms with van der Waals surface area (Å²) >= 11 is 0. The van der Waals surface area contributed by atoms with E-state index >= 15 is 0 Å². The number of aromatic hydroxyl groups is 2. The van der Waals surface area contributed by atoms with Crippen LogP contribution in [0.15, 0.2) is 152 Å². The number of fused-ring (bicyclic) bond motifs is 2. The largest absolute Gasteiger partial charge is 0.507 e. The van der Waals surface area contributed by atoms with Gasteiger partial charge in [-0.25, -0.2) is 0 Å². The van der Waals surface area contributed by atoms with E-state index in [0.717, 1.165) is 32.7 Å². The van der Waals surface area contributed by atoms with Crippen molar-refractivity contribution in [3.63, 3.8) is 0 Å². The second-order valence-electron chi connectivity index (χ2n) is 10.1. The molecule has 7 aromatic carbocycles. The average Bonchev–Trinajstić information content (AvgIpc) is 3.03. The van der Waals surface area contributed by atoms with Gasteiger partial charge < -0.3 is 10.2 Å². The van der Waals surface area contributed by atoms with Crippen molar-refractivity contribution in [1.82, 2.24) is 0 Å².